The van der Waals surface area contributed by atoms with Crippen molar-refractivity contribution in [3.63, 3.8) is 0 Å². The van der Waals surface area contributed by atoms with Crippen molar-refractivity contribution < 1.29 is 9.84 Å². The topological polar surface area (TPSA) is 45.6 Å². The van der Waals surface area contributed by atoms with Gasteiger partial charge in [-0.15, -0.1) is 0 Å². The van der Waals surface area contributed by atoms with Crippen molar-refractivity contribution in [3.05, 3.63) is 24.0 Å². The number of hydrogen-bond donors (Lipinski definition) is 1. The first-order valence-electron chi connectivity index (χ1n) is 6.70. The van der Waals surface area contributed by atoms with Crippen LogP contribution in [-0.2, 0) is 11.3 Å². The molecule has 0 radical (unpaired) electrons. The molecule has 0 bridgehead atoms. The van der Waals surface area contributed by atoms with Gasteiger partial charge in [-0.25, -0.2) is 0 Å². The first kappa shape index (κ1) is 11.9. The quantitative estimate of drug-likeness (QED) is 0.863. The molecule has 4 heteroatoms. The summed E-state index contributed by atoms with van der Waals surface area (Å²) < 4.78 is 5.47. The summed E-state index contributed by atoms with van der Waals surface area (Å²) in [5.74, 6) is 0. The molecule has 1 N–H and O–H groups in total. The predicted molar refractivity (Wildman–Crippen MR) is 69.5 cm³/mol. The number of aliphatic hydroxyl groups excluding tert-OH is 1. The number of hydrogen-bond acceptors (Lipinski definition) is 4. The molecule has 0 atom stereocenters. The molecule has 2 saturated heterocycles. The highest BCUT2D eigenvalue weighted by molar-refractivity contribution is 5.48. The third-order valence-corrected chi connectivity index (χ3v) is 4.32. The number of aromatic nitrogens is 1. The van der Waals surface area contributed by atoms with E-state index in [-0.39, 0.29) is 6.61 Å². The molecule has 2 aliphatic heterocycles. The zero-order valence-electron chi connectivity index (χ0n) is 10.6. The number of anilines is 1. The third-order valence-electron chi connectivity index (χ3n) is 4.32. The molecule has 2 fully saturated rings. The van der Waals surface area contributed by atoms with Crippen LogP contribution in [0.1, 0.15) is 25.0 Å². The van der Waals surface area contributed by atoms with Crippen LogP contribution in [0.5, 0.6) is 0 Å². The summed E-state index contributed by atoms with van der Waals surface area (Å²) in [5.41, 5.74) is 2.40. The minimum Gasteiger partial charge on any atom is -0.390 e. The Balaban J connectivity index is 1.74. The summed E-state index contributed by atoms with van der Waals surface area (Å²) in [6, 6.07) is 4.04. The van der Waals surface area contributed by atoms with Crippen molar-refractivity contribution in [2.75, 3.05) is 31.2 Å². The van der Waals surface area contributed by atoms with Crippen LogP contribution < -0.4 is 4.90 Å². The van der Waals surface area contributed by atoms with Gasteiger partial charge in [0.2, 0.25) is 0 Å². The zero-order valence-corrected chi connectivity index (χ0v) is 10.6. The van der Waals surface area contributed by atoms with Gasteiger partial charge >= 0.3 is 0 Å². The Morgan fingerprint density at radius 1 is 1.33 bits per heavy atom. The van der Waals surface area contributed by atoms with E-state index < -0.39 is 0 Å². The van der Waals surface area contributed by atoms with E-state index in [1.807, 2.05) is 12.1 Å². The molecule has 3 heterocycles. The normalized spacial score (nSPS) is 22.6. The average Bonchev–Trinajstić information content (AvgIpc) is 2.83. The summed E-state index contributed by atoms with van der Waals surface area (Å²) in [7, 11) is 0. The van der Waals surface area contributed by atoms with Crippen LogP contribution in [0.2, 0.25) is 0 Å². The maximum Gasteiger partial charge on any atom is 0.0853 e. The van der Waals surface area contributed by atoms with E-state index in [0.717, 1.165) is 32.0 Å². The van der Waals surface area contributed by atoms with E-state index in [2.05, 4.69) is 9.88 Å². The fourth-order valence-corrected chi connectivity index (χ4v) is 3.12. The molecular weight excluding hydrogens is 228 g/mol. The van der Waals surface area contributed by atoms with E-state index in [1.165, 1.54) is 24.9 Å². The largest absolute Gasteiger partial charge is 0.390 e. The van der Waals surface area contributed by atoms with Crippen LogP contribution in [0.4, 0.5) is 5.69 Å². The predicted octanol–water partition coefficient (Wildman–Crippen LogP) is 1.58. The van der Waals surface area contributed by atoms with Crippen molar-refractivity contribution >= 4 is 5.69 Å². The fourth-order valence-electron chi connectivity index (χ4n) is 3.12. The molecule has 98 valence electrons. The summed E-state index contributed by atoms with van der Waals surface area (Å²) in [6.07, 6.45) is 5.41. The number of aliphatic hydroxyl groups is 1. The molecule has 18 heavy (non-hydrogen) atoms. The van der Waals surface area contributed by atoms with Gasteiger partial charge in [-0.3, -0.25) is 4.98 Å². The van der Waals surface area contributed by atoms with Crippen molar-refractivity contribution in [2.24, 2.45) is 5.41 Å². The maximum absolute atomic E-state index is 9.15. The molecular formula is C14H20N2O2. The number of rotatable bonds is 2. The summed E-state index contributed by atoms with van der Waals surface area (Å²) in [6.45, 7) is 4.05. The molecule has 1 aromatic heterocycles. The van der Waals surface area contributed by atoms with E-state index in [9.17, 15) is 0 Å². The van der Waals surface area contributed by atoms with Crippen LogP contribution in [0, 0.1) is 5.41 Å². The lowest BCUT2D eigenvalue weighted by atomic mass is 9.80. The Morgan fingerprint density at radius 2 is 2.17 bits per heavy atom. The average molecular weight is 248 g/mol. The lowest BCUT2D eigenvalue weighted by Gasteiger charge is -2.33. The highest BCUT2D eigenvalue weighted by Crippen LogP contribution is 2.41. The second-order valence-corrected chi connectivity index (χ2v) is 5.45. The van der Waals surface area contributed by atoms with E-state index in [1.54, 1.807) is 6.20 Å². The smallest absolute Gasteiger partial charge is 0.0853 e. The van der Waals surface area contributed by atoms with Crippen molar-refractivity contribution in [1.29, 1.82) is 0 Å². The molecule has 0 saturated carbocycles. The molecule has 4 nitrogen and oxygen atoms in total. The molecule has 3 rings (SSSR count). The first-order valence-corrected chi connectivity index (χ1v) is 6.70. The lowest BCUT2D eigenvalue weighted by Crippen LogP contribution is -2.33. The van der Waals surface area contributed by atoms with Gasteiger partial charge in [-0.05, 0) is 36.8 Å². The first-order chi connectivity index (χ1) is 8.81. The van der Waals surface area contributed by atoms with Gasteiger partial charge in [0.15, 0.2) is 0 Å². The van der Waals surface area contributed by atoms with Gasteiger partial charge in [0.05, 0.1) is 12.3 Å². The zero-order chi connectivity index (χ0) is 12.4. The lowest BCUT2D eigenvalue weighted by molar-refractivity contribution is 0.0254. The second-order valence-electron chi connectivity index (χ2n) is 5.45. The fraction of sp³-hybridized carbons (Fsp3) is 0.643. The Bertz CT molecular complexity index is 416. The Hall–Kier alpha value is -1.13. The molecule has 0 aromatic carbocycles. The van der Waals surface area contributed by atoms with E-state index >= 15 is 0 Å². The van der Waals surface area contributed by atoms with Crippen LogP contribution in [0.3, 0.4) is 0 Å². The van der Waals surface area contributed by atoms with Crippen molar-refractivity contribution in [3.8, 4) is 0 Å². The Labute approximate surface area is 108 Å². The molecule has 1 aromatic rings. The van der Waals surface area contributed by atoms with Crippen LogP contribution in [0.15, 0.2) is 18.3 Å². The molecule has 0 amide bonds. The second kappa shape index (κ2) is 4.86. The van der Waals surface area contributed by atoms with Gasteiger partial charge in [-0.2, -0.15) is 0 Å². The van der Waals surface area contributed by atoms with E-state index in [4.69, 9.17) is 9.84 Å². The summed E-state index contributed by atoms with van der Waals surface area (Å²) >= 11 is 0. The summed E-state index contributed by atoms with van der Waals surface area (Å²) in [4.78, 5) is 6.56. The van der Waals surface area contributed by atoms with Crippen LogP contribution in [-0.4, -0.2) is 36.4 Å². The maximum atomic E-state index is 9.15. The SMILES string of the molecule is OCc1cc(N2CCC3(CCOCC3)C2)ccn1. The van der Waals surface area contributed by atoms with Crippen LogP contribution in [0.25, 0.3) is 0 Å². The van der Waals surface area contributed by atoms with Gasteiger partial charge in [0.25, 0.3) is 0 Å². The van der Waals surface area contributed by atoms with Gasteiger partial charge in [0, 0.05) is 38.2 Å². The highest BCUT2D eigenvalue weighted by atomic mass is 16.5. The molecule has 0 unspecified atom stereocenters. The minimum absolute atomic E-state index is 0.0145. The van der Waals surface area contributed by atoms with Crippen molar-refractivity contribution in [2.45, 2.75) is 25.9 Å². The van der Waals surface area contributed by atoms with Gasteiger partial charge < -0.3 is 14.7 Å². The van der Waals surface area contributed by atoms with Gasteiger partial charge in [-0.1, -0.05) is 0 Å². The van der Waals surface area contributed by atoms with Crippen molar-refractivity contribution in [1.82, 2.24) is 4.98 Å². The monoisotopic (exact) mass is 248 g/mol. The van der Waals surface area contributed by atoms with Crippen LogP contribution >= 0.6 is 0 Å². The van der Waals surface area contributed by atoms with E-state index in [0.29, 0.717) is 5.41 Å². The third kappa shape index (κ3) is 2.22. The summed E-state index contributed by atoms with van der Waals surface area (Å²) in [5, 5.41) is 9.15. The number of pyridine rings is 1. The number of nitrogens with zero attached hydrogens (tertiary/aromatic N) is 2. The Morgan fingerprint density at radius 3 is 2.94 bits per heavy atom. The molecule has 1 spiro atoms. The molecule has 0 aliphatic carbocycles. The Kier molecular flexibility index (Phi) is 3.22. The van der Waals surface area contributed by atoms with Gasteiger partial charge in [0.1, 0.15) is 0 Å². The molecule has 2 aliphatic rings. The highest BCUT2D eigenvalue weighted by Gasteiger charge is 2.39. The standard InChI is InChI=1S/C14H20N2O2/c17-10-12-9-13(1-5-15-12)16-6-2-14(11-16)3-7-18-8-4-14/h1,5,9,17H,2-4,6-8,10-11H2. The minimum atomic E-state index is 0.0145. The number of ether oxygens (including phenoxy) is 1.